The molecule has 34 heavy (non-hydrogen) atoms. The Morgan fingerprint density at radius 1 is 0.941 bits per heavy atom. The van der Waals surface area contributed by atoms with Crippen LogP contribution >= 0.6 is 11.6 Å². The number of ether oxygens (including phenoxy) is 1. The van der Waals surface area contributed by atoms with Gasteiger partial charge in [0.2, 0.25) is 5.91 Å². The summed E-state index contributed by atoms with van der Waals surface area (Å²) in [5.74, 6) is 0.311. The molecule has 1 fully saturated rings. The van der Waals surface area contributed by atoms with Crippen molar-refractivity contribution in [2.75, 3.05) is 49.0 Å². The molecule has 1 aliphatic heterocycles. The maximum absolute atomic E-state index is 13.5. The Balaban J connectivity index is 1.51. The summed E-state index contributed by atoms with van der Waals surface area (Å²) >= 11 is 6.11. The number of para-hydroxylation sites is 1. The van der Waals surface area contributed by atoms with Gasteiger partial charge in [-0.3, -0.25) is 9.10 Å². The minimum Gasteiger partial charge on any atom is -0.497 e. The van der Waals surface area contributed by atoms with Crippen molar-refractivity contribution in [2.45, 2.75) is 4.90 Å². The maximum atomic E-state index is 13.5. The molecule has 3 aromatic rings. The highest BCUT2D eigenvalue weighted by molar-refractivity contribution is 7.92. The molecule has 0 atom stereocenters. The van der Waals surface area contributed by atoms with Gasteiger partial charge in [0.25, 0.3) is 10.0 Å². The molecule has 9 heteroatoms. The molecule has 3 aromatic carbocycles. The lowest BCUT2D eigenvalue weighted by Crippen LogP contribution is -2.52. The van der Waals surface area contributed by atoms with Crippen molar-refractivity contribution in [1.82, 2.24) is 4.90 Å². The van der Waals surface area contributed by atoms with E-state index in [4.69, 9.17) is 16.3 Å². The van der Waals surface area contributed by atoms with Gasteiger partial charge in [-0.1, -0.05) is 35.9 Å². The number of halogens is 1. The molecule has 1 aliphatic rings. The number of anilines is 2. The lowest BCUT2D eigenvalue weighted by Gasteiger charge is -2.37. The van der Waals surface area contributed by atoms with Crippen LogP contribution in [0.2, 0.25) is 5.02 Å². The van der Waals surface area contributed by atoms with Gasteiger partial charge in [-0.15, -0.1) is 0 Å². The molecule has 0 bridgehead atoms. The Bertz CT molecular complexity index is 1230. The van der Waals surface area contributed by atoms with E-state index in [0.717, 1.165) is 5.69 Å². The summed E-state index contributed by atoms with van der Waals surface area (Å²) in [7, 11) is -2.45. The van der Waals surface area contributed by atoms with E-state index >= 15 is 0 Å². The molecule has 0 aliphatic carbocycles. The number of carbonyl (C=O) groups is 1. The van der Waals surface area contributed by atoms with E-state index < -0.39 is 10.0 Å². The van der Waals surface area contributed by atoms with Crippen LogP contribution in [0.4, 0.5) is 11.4 Å². The largest absolute Gasteiger partial charge is 0.497 e. The molecule has 0 saturated carbocycles. The first-order chi connectivity index (χ1) is 16.4. The first-order valence-electron chi connectivity index (χ1n) is 10.9. The van der Waals surface area contributed by atoms with Crippen LogP contribution in [0.25, 0.3) is 0 Å². The van der Waals surface area contributed by atoms with Gasteiger partial charge in [0.15, 0.2) is 0 Å². The number of sulfonamides is 1. The number of rotatable bonds is 7. The van der Waals surface area contributed by atoms with E-state index in [1.54, 1.807) is 47.4 Å². The fourth-order valence-electron chi connectivity index (χ4n) is 3.89. The average Bonchev–Trinajstić information content (AvgIpc) is 2.87. The molecular weight excluding hydrogens is 474 g/mol. The number of piperazine rings is 1. The molecule has 1 amide bonds. The summed E-state index contributed by atoms with van der Waals surface area (Å²) in [5.41, 5.74) is 1.44. The van der Waals surface area contributed by atoms with Crippen LogP contribution in [0.5, 0.6) is 5.75 Å². The van der Waals surface area contributed by atoms with Crippen LogP contribution in [0.1, 0.15) is 0 Å². The van der Waals surface area contributed by atoms with Gasteiger partial charge in [0, 0.05) is 36.9 Å². The SMILES string of the molecule is COc1ccc(S(=O)(=O)N(CC(=O)N2CCN(c3cccc(Cl)c3)CC2)c2ccccc2)cc1. The van der Waals surface area contributed by atoms with E-state index in [0.29, 0.717) is 42.6 Å². The van der Waals surface area contributed by atoms with Crippen molar-refractivity contribution in [2.24, 2.45) is 0 Å². The smallest absolute Gasteiger partial charge is 0.264 e. The molecule has 178 valence electrons. The molecule has 0 spiro atoms. The lowest BCUT2D eigenvalue weighted by molar-refractivity contribution is -0.129. The van der Waals surface area contributed by atoms with Crippen LogP contribution in [0.3, 0.4) is 0 Å². The average molecular weight is 500 g/mol. The van der Waals surface area contributed by atoms with E-state index in [1.165, 1.54) is 23.5 Å². The van der Waals surface area contributed by atoms with Crippen molar-refractivity contribution in [3.8, 4) is 5.75 Å². The minimum atomic E-state index is -3.97. The number of hydrogen-bond donors (Lipinski definition) is 0. The Labute approximate surface area is 205 Å². The fraction of sp³-hybridized carbons (Fsp3) is 0.240. The van der Waals surface area contributed by atoms with Gasteiger partial charge < -0.3 is 14.5 Å². The third kappa shape index (κ3) is 5.29. The first-order valence-corrected chi connectivity index (χ1v) is 12.7. The van der Waals surface area contributed by atoms with Crippen LogP contribution in [-0.4, -0.2) is 59.1 Å². The highest BCUT2D eigenvalue weighted by Gasteiger charge is 2.30. The molecule has 4 rings (SSSR count). The molecule has 1 saturated heterocycles. The van der Waals surface area contributed by atoms with Crippen molar-refractivity contribution in [1.29, 1.82) is 0 Å². The Kier molecular flexibility index (Phi) is 7.29. The zero-order chi connectivity index (χ0) is 24.1. The second-order valence-corrected chi connectivity index (χ2v) is 10.2. The van der Waals surface area contributed by atoms with Crippen LogP contribution in [-0.2, 0) is 14.8 Å². The van der Waals surface area contributed by atoms with E-state index in [2.05, 4.69) is 4.90 Å². The molecule has 0 N–H and O–H groups in total. The normalized spacial score (nSPS) is 14.1. The van der Waals surface area contributed by atoms with Gasteiger partial charge in [0.1, 0.15) is 12.3 Å². The number of hydrogen-bond acceptors (Lipinski definition) is 5. The molecular formula is C25H26ClN3O4S. The zero-order valence-electron chi connectivity index (χ0n) is 18.8. The number of amides is 1. The Hall–Kier alpha value is -3.23. The summed E-state index contributed by atoms with van der Waals surface area (Å²) in [5, 5.41) is 0.665. The van der Waals surface area contributed by atoms with E-state index in [-0.39, 0.29) is 17.3 Å². The van der Waals surface area contributed by atoms with Crippen molar-refractivity contribution in [3.05, 3.63) is 83.9 Å². The maximum Gasteiger partial charge on any atom is 0.264 e. The van der Waals surface area contributed by atoms with Crippen LogP contribution in [0, 0.1) is 0 Å². The first kappa shape index (κ1) is 23.9. The summed E-state index contributed by atoms with van der Waals surface area (Å²) in [4.78, 5) is 17.2. The quantitative estimate of drug-likeness (QED) is 0.493. The van der Waals surface area contributed by atoms with Crippen molar-refractivity contribution >= 4 is 38.9 Å². The molecule has 0 radical (unpaired) electrons. The molecule has 7 nitrogen and oxygen atoms in total. The third-order valence-corrected chi connectivity index (χ3v) is 7.80. The van der Waals surface area contributed by atoms with E-state index in [1.807, 2.05) is 24.3 Å². The van der Waals surface area contributed by atoms with Crippen LogP contribution < -0.4 is 13.9 Å². The summed E-state index contributed by atoms with van der Waals surface area (Å²) in [6, 6.07) is 22.4. The van der Waals surface area contributed by atoms with E-state index in [9.17, 15) is 13.2 Å². The minimum absolute atomic E-state index is 0.0933. The van der Waals surface area contributed by atoms with Gasteiger partial charge in [-0.25, -0.2) is 8.42 Å². The van der Waals surface area contributed by atoms with Crippen LogP contribution in [0.15, 0.2) is 83.8 Å². The number of carbonyl (C=O) groups excluding carboxylic acids is 1. The van der Waals surface area contributed by atoms with Gasteiger partial charge in [-0.05, 0) is 54.6 Å². The van der Waals surface area contributed by atoms with Gasteiger partial charge >= 0.3 is 0 Å². The predicted molar refractivity (Wildman–Crippen MR) is 134 cm³/mol. The highest BCUT2D eigenvalue weighted by Crippen LogP contribution is 2.26. The molecule has 0 unspecified atom stereocenters. The Morgan fingerprint density at radius 2 is 1.62 bits per heavy atom. The monoisotopic (exact) mass is 499 g/mol. The summed E-state index contributed by atoms with van der Waals surface area (Å²) < 4.78 is 33.3. The highest BCUT2D eigenvalue weighted by atomic mass is 35.5. The molecule has 1 heterocycles. The number of methoxy groups -OCH3 is 1. The van der Waals surface area contributed by atoms with Gasteiger partial charge in [-0.2, -0.15) is 0 Å². The topological polar surface area (TPSA) is 70.2 Å². The second-order valence-electron chi connectivity index (χ2n) is 7.87. The number of nitrogens with zero attached hydrogens (tertiary/aromatic N) is 3. The van der Waals surface area contributed by atoms with Crippen molar-refractivity contribution < 1.29 is 17.9 Å². The zero-order valence-corrected chi connectivity index (χ0v) is 20.4. The summed E-state index contributed by atoms with van der Waals surface area (Å²) in [6.07, 6.45) is 0. The second kappa shape index (κ2) is 10.4. The summed E-state index contributed by atoms with van der Waals surface area (Å²) in [6.45, 7) is 1.99. The standard InChI is InChI=1S/C25H26ClN3O4S/c1-33-23-10-12-24(13-11-23)34(31,32)29(21-7-3-2-4-8-21)19-25(30)28-16-14-27(15-17-28)22-9-5-6-20(26)18-22/h2-13,18H,14-17,19H2,1H3. The number of benzene rings is 3. The predicted octanol–water partition coefficient (Wildman–Crippen LogP) is 3.89. The fourth-order valence-corrected chi connectivity index (χ4v) is 5.49. The Morgan fingerprint density at radius 3 is 2.24 bits per heavy atom. The lowest BCUT2D eigenvalue weighted by atomic mass is 10.2. The molecule has 0 aromatic heterocycles. The third-order valence-electron chi connectivity index (χ3n) is 5.78. The van der Waals surface area contributed by atoms with Gasteiger partial charge in [0.05, 0.1) is 17.7 Å². The van der Waals surface area contributed by atoms with Crippen molar-refractivity contribution in [3.63, 3.8) is 0 Å².